The minimum Gasteiger partial charge on any atom is -0.377 e. The number of hydrogen-bond donors (Lipinski definition) is 1. The summed E-state index contributed by atoms with van der Waals surface area (Å²) in [7, 11) is 1.59. The average molecular weight is 301 g/mol. The van der Waals surface area contributed by atoms with Crippen LogP contribution in [-0.4, -0.2) is 17.1 Å². The van der Waals surface area contributed by atoms with Crippen molar-refractivity contribution in [3.63, 3.8) is 0 Å². The van der Waals surface area contributed by atoms with Crippen LogP contribution in [0.15, 0.2) is 24.3 Å². The van der Waals surface area contributed by atoms with Crippen LogP contribution in [0.1, 0.15) is 5.82 Å². The Morgan fingerprint density at radius 2 is 2.11 bits per heavy atom. The zero-order chi connectivity index (χ0) is 13.1. The summed E-state index contributed by atoms with van der Waals surface area (Å²) in [5, 5.41) is 1.21. The molecule has 1 N–H and O–H groups in total. The fourth-order valence-electron chi connectivity index (χ4n) is 1.56. The van der Waals surface area contributed by atoms with E-state index in [9.17, 15) is 0 Å². The molecule has 18 heavy (non-hydrogen) atoms. The molecule has 6 heteroatoms. The number of halogens is 2. The van der Waals surface area contributed by atoms with Crippen molar-refractivity contribution < 1.29 is 4.74 Å². The number of aromatic amines is 1. The Bertz CT molecular complexity index is 628. The minimum atomic E-state index is 0.357. The number of methoxy groups -OCH3 is 1. The van der Waals surface area contributed by atoms with Crippen molar-refractivity contribution in [1.82, 2.24) is 9.97 Å². The van der Waals surface area contributed by atoms with Crippen LogP contribution in [0.3, 0.4) is 0 Å². The first kappa shape index (κ1) is 13.5. The first-order chi connectivity index (χ1) is 8.60. The van der Waals surface area contributed by atoms with Gasteiger partial charge < -0.3 is 9.72 Å². The highest BCUT2D eigenvalue weighted by Crippen LogP contribution is 2.29. The Hall–Kier alpha value is -0.940. The number of H-pyrrole nitrogens is 1. The second-order valence-electron chi connectivity index (χ2n) is 3.64. The van der Waals surface area contributed by atoms with Gasteiger partial charge in [0.15, 0.2) is 0 Å². The molecule has 0 aliphatic carbocycles. The number of nitrogens with zero attached hydrogens (tertiary/aromatic N) is 1. The lowest BCUT2D eigenvalue weighted by molar-refractivity contribution is 0.177. The number of aromatic nitrogens is 2. The van der Waals surface area contributed by atoms with Crippen molar-refractivity contribution in [3.05, 3.63) is 44.8 Å². The third-order valence-electron chi connectivity index (χ3n) is 2.29. The SMILES string of the molecule is COCc1nc(=S)cc(-c2cc(Cl)ccc2Cl)[nH]1. The molecule has 0 unspecified atom stereocenters. The van der Waals surface area contributed by atoms with E-state index < -0.39 is 0 Å². The number of ether oxygens (including phenoxy) is 1. The quantitative estimate of drug-likeness (QED) is 0.861. The molecule has 2 aromatic rings. The Labute approximate surface area is 120 Å². The molecule has 0 radical (unpaired) electrons. The standard InChI is InChI=1S/C12H10Cl2N2OS/c1-17-6-11-15-10(5-12(18)16-11)8-4-7(13)2-3-9(8)14/h2-5H,6H2,1H3,(H,15,16,18). The maximum absolute atomic E-state index is 6.15. The van der Waals surface area contributed by atoms with Gasteiger partial charge in [0, 0.05) is 22.7 Å². The summed E-state index contributed by atoms with van der Waals surface area (Å²) in [6.45, 7) is 0.357. The summed E-state index contributed by atoms with van der Waals surface area (Å²) < 4.78 is 5.51. The van der Waals surface area contributed by atoms with Crippen molar-refractivity contribution >= 4 is 35.4 Å². The molecule has 0 aliphatic heterocycles. The Kier molecular flexibility index (Phi) is 4.35. The van der Waals surface area contributed by atoms with Gasteiger partial charge in [-0.25, -0.2) is 4.98 Å². The van der Waals surface area contributed by atoms with E-state index in [0.29, 0.717) is 27.1 Å². The Balaban J connectivity index is 2.56. The van der Waals surface area contributed by atoms with Gasteiger partial charge in [-0.3, -0.25) is 0 Å². The van der Waals surface area contributed by atoms with Crippen molar-refractivity contribution in [2.75, 3.05) is 7.11 Å². The minimum absolute atomic E-state index is 0.357. The number of rotatable bonds is 3. The lowest BCUT2D eigenvalue weighted by atomic mass is 10.1. The van der Waals surface area contributed by atoms with Gasteiger partial charge >= 0.3 is 0 Å². The zero-order valence-electron chi connectivity index (χ0n) is 9.54. The summed E-state index contributed by atoms with van der Waals surface area (Å²) in [6.07, 6.45) is 0. The largest absolute Gasteiger partial charge is 0.377 e. The molecular weight excluding hydrogens is 291 g/mol. The van der Waals surface area contributed by atoms with Crippen LogP contribution in [0.5, 0.6) is 0 Å². The summed E-state index contributed by atoms with van der Waals surface area (Å²) in [5.74, 6) is 0.649. The van der Waals surface area contributed by atoms with Crippen LogP contribution in [-0.2, 0) is 11.3 Å². The molecule has 0 bridgehead atoms. The average Bonchev–Trinajstić information content (AvgIpc) is 2.32. The van der Waals surface area contributed by atoms with E-state index in [4.69, 9.17) is 40.2 Å². The monoisotopic (exact) mass is 300 g/mol. The Morgan fingerprint density at radius 3 is 2.83 bits per heavy atom. The lowest BCUT2D eigenvalue weighted by Crippen LogP contribution is -1.99. The molecule has 0 saturated heterocycles. The molecule has 0 spiro atoms. The van der Waals surface area contributed by atoms with Crippen LogP contribution in [0.4, 0.5) is 0 Å². The van der Waals surface area contributed by atoms with Gasteiger partial charge in [0.1, 0.15) is 17.1 Å². The van der Waals surface area contributed by atoms with E-state index in [2.05, 4.69) is 9.97 Å². The van der Waals surface area contributed by atoms with Crippen LogP contribution in [0.2, 0.25) is 10.0 Å². The van der Waals surface area contributed by atoms with E-state index >= 15 is 0 Å². The number of hydrogen-bond acceptors (Lipinski definition) is 3. The predicted octanol–water partition coefficient (Wildman–Crippen LogP) is 4.26. The topological polar surface area (TPSA) is 37.9 Å². The summed E-state index contributed by atoms with van der Waals surface area (Å²) >= 11 is 17.2. The van der Waals surface area contributed by atoms with Gasteiger partial charge in [-0.15, -0.1) is 0 Å². The maximum Gasteiger partial charge on any atom is 0.134 e. The molecule has 2 rings (SSSR count). The first-order valence-electron chi connectivity index (χ1n) is 5.15. The van der Waals surface area contributed by atoms with Gasteiger partial charge in [-0.2, -0.15) is 0 Å². The fourth-order valence-corrected chi connectivity index (χ4v) is 2.18. The molecule has 94 valence electrons. The van der Waals surface area contributed by atoms with Gasteiger partial charge in [-0.1, -0.05) is 35.4 Å². The third kappa shape index (κ3) is 3.09. The van der Waals surface area contributed by atoms with Gasteiger partial charge in [0.2, 0.25) is 0 Å². The summed E-state index contributed by atoms with van der Waals surface area (Å²) in [5.41, 5.74) is 1.56. The normalized spacial score (nSPS) is 10.6. The molecule has 0 saturated carbocycles. The summed E-state index contributed by atoms with van der Waals surface area (Å²) in [6, 6.07) is 7.00. The van der Waals surface area contributed by atoms with Crippen molar-refractivity contribution in [1.29, 1.82) is 0 Å². The van der Waals surface area contributed by atoms with E-state index in [0.717, 1.165) is 11.3 Å². The molecule has 1 heterocycles. The second kappa shape index (κ2) is 5.80. The van der Waals surface area contributed by atoms with E-state index in [1.54, 1.807) is 31.4 Å². The van der Waals surface area contributed by atoms with Crippen molar-refractivity contribution in [2.45, 2.75) is 6.61 Å². The van der Waals surface area contributed by atoms with Crippen LogP contribution < -0.4 is 0 Å². The van der Waals surface area contributed by atoms with Crippen molar-refractivity contribution in [3.8, 4) is 11.3 Å². The molecule has 0 atom stereocenters. The molecule has 0 amide bonds. The van der Waals surface area contributed by atoms with Crippen LogP contribution in [0.25, 0.3) is 11.3 Å². The molecular formula is C12H10Cl2N2OS. The van der Waals surface area contributed by atoms with Crippen molar-refractivity contribution in [2.24, 2.45) is 0 Å². The fraction of sp³-hybridized carbons (Fsp3) is 0.167. The Morgan fingerprint density at radius 1 is 1.33 bits per heavy atom. The number of nitrogens with one attached hydrogen (secondary N) is 1. The molecule has 1 aromatic carbocycles. The molecule has 1 aromatic heterocycles. The zero-order valence-corrected chi connectivity index (χ0v) is 11.9. The molecule has 3 nitrogen and oxygen atoms in total. The third-order valence-corrected chi connectivity index (χ3v) is 3.07. The molecule has 0 fully saturated rings. The second-order valence-corrected chi connectivity index (χ2v) is 4.90. The van der Waals surface area contributed by atoms with Crippen LogP contribution in [0, 0.1) is 4.64 Å². The highest BCUT2D eigenvalue weighted by atomic mass is 35.5. The van der Waals surface area contributed by atoms with Gasteiger partial charge in [-0.05, 0) is 24.3 Å². The molecule has 0 aliphatic rings. The number of benzene rings is 1. The van der Waals surface area contributed by atoms with Gasteiger partial charge in [0.05, 0.1) is 5.69 Å². The highest BCUT2D eigenvalue weighted by molar-refractivity contribution is 7.71. The highest BCUT2D eigenvalue weighted by Gasteiger charge is 2.07. The van der Waals surface area contributed by atoms with Gasteiger partial charge in [0.25, 0.3) is 0 Å². The van der Waals surface area contributed by atoms with E-state index in [1.165, 1.54) is 0 Å². The van der Waals surface area contributed by atoms with E-state index in [1.807, 2.05) is 0 Å². The summed E-state index contributed by atoms with van der Waals surface area (Å²) in [4.78, 5) is 7.28. The first-order valence-corrected chi connectivity index (χ1v) is 6.31. The van der Waals surface area contributed by atoms with Crippen LogP contribution >= 0.6 is 35.4 Å². The maximum atomic E-state index is 6.15. The smallest absolute Gasteiger partial charge is 0.134 e. The predicted molar refractivity (Wildman–Crippen MR) is 75.6 cm³/mol. The lowest BCUT2D eigenvalue weighted by Gasteiger charge is -2.07. The van der Waals surface area contributed by atoms with E-state index in [-0.39, 0.29) is 0 Å².